The number of amides is 3. The van der Waals surface area contributed by atoms with E-state index in [1.807, 2.05) is 39.0 Å². The number of aliphatic hydroxyl groups is 1. The van der Waals surface area contributed by atoms with E-state index in [1.54, 1.807) is 34.7 Å². The second-order valence-corrected chi connectivity index (χ2v) is 11.4. The van der Waals surface area contributed by atoms with Crippen LogP contribution in [0, 0.1) is 12.8 Å². The van der Waals surface area contributed by atoms with Crippen molar-refractivity contribution in [2.24, 2.45) is 5.92 Å². The molecule has 3 N–H and O–H groups in total. The zero-order valence-electron chi connectivity index (χ0n) is 22.1. The number of phenols is 1. The molecule has 9 nitrogen and oxygen atoms in total. The Morgan fingerprint density at radius 1 is 1.21 bits per heavy atom. The molecule has 39 heavy (non-hydrogen) atoms. The number of phenolic OH excluding ortho intramolecular Hbond substituents is 1. The van der Waals surface area contributed by atoms with E-state index in [0.717, 1.165) is 21.7 Å². The van der Waals surface area contributed by atoms with Crippen molar-refractivity contribution in [2.75, 3.05) is 6.54 Å². The van der Waals surface area contributed by atoms with Gasteiger partial charge in [0.1, 0.15) is 17.8 Å². The molecule has 3 heterocycles. The Bertz CT molecular complexity index is 1420. The molecule has 2 aliphatic heterocycles. The van der Waals surface area contributed by atoms with E-state index in [2.05, 4.69) is 10.3 Å². The molecule has 0 spiro atoms. The van der Waals surface area contributed by atoms with E-state index in [0.29, 0.717) is 17.7 Å². The molecule has 3 atom stereocenters. The van der Waals surface area contributed by atoms with Crippen LogP contribution in [0.2, 0.25) is 0 Å². The summed E-state index contributed by atoms with van der Waals surface area (Å²) in [5.74, 6) is -1.12. The lowest BCUT2D eigenvalue weighted by Crippen LogP contribution is -2.55. The summed E-state index contributed by atoms with van der Waals surface area (Å²) in [7, 11) is 0. The Labute approximate surface area is 231 Å². The highest BCUT2D eigenvalue weighted by Gasteiger charge is 2.45. The Morgan fingerprint density at radius 3 is 2.64 bits per heavy atom. The maximum atomic E-state index is 13.8. The van der Waals surface area contributed by atoms with E-state index >= 15 is 0 Å². The molecule has 2 aromatic carbocycles. The first kappa shape index (κ1) is 26.8. The summed E-state index contributed by atoms with van der Waals surface area (Å²) in [4.78, 5) is 48.4. The summed E-state index contributed by atoms with van der Waals surface area (Å²) in [6, 6.07) is 10.9. The largest absolute Gasteiger partial charge is 0.508 e. The number of benzene rings is 2. The van der Waals surface area contributed by atoms with Crippen LogP contribution in [0.1, 0.15) is 47.4 Å². The van der Waals surface area contributed by atoms with E-state index < -0.39 is 24.1 Å². The summed E-state index contributed by atoms with van der Waals surface area (Å²) in [6.45, 7) is 6.06. The predicted octanol–water partition coefficient (Wildman–Crippen LogP) is 3.08. The lowest BCUT2D eigenvalue weighted by Gasteiger charge is -2.35. The Kier molecular flexibility index (Phi) is 7.42. The summed E-state index contributed by atoms with van der Waals surface area (Å²) < 4.78 is 0. The molecule has 3 amide bonds. The van der Waals surface area contributed by atoms with Crippen molar-refractivity contribution in [3.8, 4) is 16.2 Å². The number of aryl methyl sites for hydroxylation is 1. The molecule has 0 aliphatic carbocycles. The van der Waals surface area contributed by atoms with E-state index in [1.165, 1.54) is 16.2 Å². The van der Waals surface area contributed by atoms with Crippen molar-refractivity contribution in [2.45, 2.75) is 58.5 Å². The molecule has 3 aromatic rings. The topological polar surface area (TPSA) is 123 Å². The van der Waals surface area contributed by atoms with Gasteiger partial charge in [-0.1, -0.05) is 44.2 Å². The summed E-state index contributed by atoms with van der Waals surface area (Å²) >= 11 is 1.49. The summed E-state index contributed by atoms with van der Waals surface area (Å²) in [5.41, 5.74) is 5.46. The van der Waals surface area contributed by atoms with Crippen molar-refractivity contribution >= 4 is 29.1 Å². The number of carbonyl (C=O) groups is 3. The van der Waals surface area contributed by atoms with Crippen LogP contribution in [0.4, 0.5) is 0 Å². The van der Waals surface area contributed by atoms with Gasteiger partial charge in [0.25, 0.3) is 5.91 Å². The highest BCUT2D eigenvalue weighted by molar-refractivity contribution is 7.13. The molecule has 2 aliphatic rings. The van der Waals surface area contributed by atoms with Crippen molar-refractivity contribution < 1.29 is 24.6 Å². The molecular weight excluding hydrogens is 516 g/mol. The maximum Gasteiger partial charge on any atom is 0.255 e. The SMILES string of the molecule is Cc1ncsc1-c1ccc(CNC(=O)[C@@H]2C[C@@H](O)CN2C(=O)[C@@H](C(C)C)N2Cc3ccccc3C2=O)c(O)c1. The standard InChI is InChI=1S/C29H32N4O5S/c1-16(2)25(33-13-20-6-4-5-7-22(20)28(33)37)29(38)32-14-21(34)11-23(32)27(36)30-12-19-9-8-18(10-24(19)35)26-17(3)31-15-39-26/h4-10,15-16,21,23,25,34-35H,11-14H2,1-3H3,(H,30,36)/t21-,23+,25-/m1/s1. The molecule has 10 heteroatoms. The number of likely N-dealkylation sites (tertiary alicyclic amines) is 1. The van der Waals surface area contributed by atoms with Crippen molar-refractivity contribution in [1.82, 2.24) is 20.1 Å². The Morgan fingerprint density at radius 2 is 1.97 bits per heavy atom. The number of thiazole rings is 1. The third-order valence-electron chi connectivity index (χ3n) is 7.48. The number of aliphatic hydroxyl groups excluding tert-OH is 1. The molecule has 5 rings (SSSR count). The zero-order chi connectivity index (χ0) is 27.8. The van der Waals surface area contributed by atoms with Gasteiger partial charge < -0.3 is 25.3 Å². The zero-order valence-corrected chi connectivity index (χ0v) is 22.9. The van der Waals surface area contributed by atoms with Crippen molar-refractivity contribution in [1.29, 1.82) is 0 Å². The van der Waals surface area contributed by atoms with Gasteiger partial charge in [-0.15, -0.1) is 11.3 Å². The third kappa shape index (κ3) is 5.14. The van der Waals surface area contributed by atoms with Crippen LogP contribution in [-0.4, -0.2) is 67.5 Å². The summed E-state index contributed by atoms with van der Waals surface area (Å²) in [5, 5.41) is 23.8. The van der Waals surface area contributed by atoms with Gasteiger partial charge in [-0.05, 0) is 36.1 Å². The van der Waals surface area contributed by atoms with E-state index in [4.69, 9.17) is 0 Å². The highest BCUT2D eigenvalue weighted by Crippen LogP contribution is 2.32. The average Bonchev–Trinajstić information content (AvgIpc) is 3.60. The molecule has 1 fully saturated rings. The minimum Gasteiger partial charge on any atom is -0.508 e. The fourth-order valence-electron chi connectivity index (χ4n) is 5.49. The van der Waals surface area contributed by atoms with E-state index in [-0.39, 0.29) is 43.0 Å². The van der Waals surface area contributed by atoms with Gasteiger partial charge in [0.15, 0.2) is 0 Å². The van der Waals surface area contributed by atoms with Gasteiger partial charge in [0.2, 0.25) is 11.8 Å². The fraction of sp³-hybridized carbons (Fsp3) is 0.379. The van der Waals surface area contributed by atoms with Gasteiger partial charge >= 0.3 is 0 Å². The number of hydrogen-bond donors (Lipinski definition) is 3. The van der Waals surface area contributed by atoms with Crippen LogP contribution in [0.5, 0.6) is 5.75 Å². The van der Waals surface area contributed by atoms with Gasteiger partial charge in [-0.25, -0.2) is 4.98 Å². The number of nitrogens with one attached hydrogen (secondary N) is 1. The minimum absolute atomic E-state index is 0.0171. The fourth-order valence-corrected chi connectivity index (χ4v) is 6.29. The number of rotatable bonds is 7. The van der Waals surface area contributed by atoms with E-state index in [9.17, 15) is 24.6 Å². The molecule has 204 valence electrons. The summed E-state index contributed by atoms with van der Waals surface area (Å²) in [6.07, 6.45) is -0.745. The van der Waals surface area contributed by atoms with Crippen LogP contribution >= 0.6 is 11.3 Å². The molecule has 0 saturated carbocycles. The lowest BCUT2D eigenvalue weighted by atomic mass is 10.0. The Balaban J connectivity index is 1.29. The quantitative estimate of drug-likeness (QED) is 0.417. The van der Waals surface area contributed by atoms with Gasteiger partial charge in [-0.3, -0.25) is 14.4 Å². The number of aromatic nitrogens is 1. The molecule has 1 saturated heterocycles. The number of hydrogen-bond acceptors (Lipinski definition) is 7. The predicted molar refractivity (Wildman–Crippen MR) is 147 cm³/mol. The third-order valence-corrected chi connectivity index (χ3v) is 8.46. The van der Waals surface area contributed by atoms with Crippen LogP contribution in [0.15, 0.2) is 48.0 Å². The molecule has 0 bridgehead atoms. The Hall–Kier alpha value is -3.76. The first-order chi connectivity index (χ1) is 18.7. The molecule has 1 aromatic heterocycles. The number of carbonyl (C=O) groups excluding carboxylic acids is 3. The first-order valence-electron chi connectivity index (χ1n) is 13.0. The monoisotopic (exact) mass is 548 g/mol. The molecule has 0 radical (unpaired) electrons. The number of nitrogens with zero attached hydrogens (tertiary/aromatic N) is 3. The molecular formula is C29H32N4O5S. The minimum atomic E-state index is -0.880. The molecule has 0 unspecified atom stereocenters. The second kappa shape index (κ2) is 10.8. The lowest BCUT2D eigenvalue weighted by molar-refractivity contribution is -0.143. The van der Waals surface area contributed by atoms with Crippen LogP contribution in [0.3, 0.4) is 0 Å². The highest BCUT2D eigenvalue weighted by atomic mass is 32.1. The van der Waals surface area contributed by atoms with Crippen molar-refractivity contribution in [3.63, 3.8) is 0 Å². The van der Waals surface area contributed by atoms with Gasteiger partial charge in [0.05, 0.1) is 22.2 Å². The second-order valence-electron chi connectivity index (χ2n) is 10.5. The smallest absolute Gasteiger partial charge is 0.255 e. The van der Waals surface area contributed by atoms with Crippen molar-refractivity contribution in [3.05, 3.63) is 70.4 Å². The van der Waals surface area contributed by atoms with Gasteiger partial charge in [0, 0.05) is 37.2 Å². The average molecular weight is 549 g/mol. The first-order valence-corrected chi connectivity index (χ1v) is 13.9. The number of aromatic hydroxyl groups is 1. The number of β-amino-alcohol motifs (C(OH)–C–C–N with tert-alkyl or cyclic N) is 1. The van der Waals surface area contributed by atoms with Crippen LogP contribution in [0.25, 0.3) is 10.4 Å². The van der Waals surface area contributed by atoms with Crippen LogP contribution < -0.4 is 5.32 Å². The van der Waals surface area contributed by atoms with Crippen LogP contribution in [-0.2, 0) is 22.7 Å². The normalized spacial score (nSPS) is 19.5. The van der Waals surface area contributed by atoms with Gasteiger partial charge in [-0.2, -0.15) is 0 Å². The maximum absolute atomic E-state index is 13.8. The number of fused-ring (bicyclic) bond motifs is 1.